The maximum absolute atomic E-state index is 11.9. The van der Waals surface area contributed by atoms with Crippen molar-refractivity contribution in [3.05, 3.63) is 42.0 Å². The molecule has 36 heavy (non-hydrogen) atoms. The Bertz CT molecular complexity index is 1420. The molecule has 0 spiro atoms. The van der Waals surface area contributed by atoms with Gasteiger partial charge in [0, 0.05) is 31.5 Å². The van der Waals surface area contributed by atoms with Crippen LogP contribution in [0.3, 0.4) is 0 Å². The van der Waals surface area contributed by atoms with Gasteiger partial charge in [0.15, 0.2) is 22.1 Å². The minimum atomic E-state index is 0.153. The van der Waals surface area contributed by atoms with E-state index in [1.54, 1.807) is 31.1 Å². The monoisotopic (exact) mass is 503 g/mol. The van der Waals surface area contributed by atoms with E-state index < -0.39 is 0 Å². The van der Waals surface area contributed by atoms with Gasteiger partial charge in [0.25, 0.3) is 0 Å². The number of aromatic nitrogens is 5. The molecular formula is C26H29N7O2S. The van der Waals surface area contributed by atoms with Crippen LogP contribution in [0.1, 0.15) is 43.7 Å². The molecule has 3 aromatic heterocycles. The lowest BCUT2D eigenvalue weighted by atomic mass is 9.95. The standard InChI is InChI=1S/C26H29N7O2S/c1-16(34)32-9-3-4-17(14-32)7-10-33-24-22(23(27)29-15-30-24)31-26(33)36-21-13-19-6-2-5-18(19)12-20(21)25-28-8-11-35-25/h8,11-13,15,17H,2-7,9-10,14H2,1H3,(H2,27,29,30). The summed E-state index contributed by atoms with van der Waals surface area (Å²) in [5, 5.41) is 0.821. The van der Waals surface area contributed by atoms with Crippen LogP contribution < -0.4 is 5.73 Å². The molecule has 4 heterocycles. The Labute approximate surface area is 213 Å². The highest BCUT2D eigenvalue weighted by atomic mass is 32.2. The van der Waals surface area contributed by atoms with E-state index in [9.17, 15) is 4.79 Å². The SMILES string of the molecule is CC(=O)N1CCCC(CCn2c(Sc3cc4c(cc3-c3ncco3)CCC4)nc3c(N)ncnc32)C1. The first-order chi connectivity index (χ1) is 17.6. The number of benzene rings is 1. The van der Waals surface area contributed by atoms with E-state index in [2.05, 4.69) is 31.7 Å². The maximum Gasteiger partial charge on any atom is 0.227 e. The second-order valence-corrected chi connectivity index (χ2v) is 10.7. The van der Waals surface area contributed by atoms with E-state index in [-0.39, 0.29) is 5.91 Å². The second kappa shape index (κ2) is 9.57. The van der Waals surface area contributed by atoms with Crippen LogP contribution in [-0.4, -0.2) is 48.4 Å². The lowest BCUT2D eigenvalue weighted by Crippen LogP contribution is -2.38. The normalized spacial score (nSPS) is 17.6. The highest BCUT2D eigenvalue weighted by Gasteiger charge is 2.25. The first-order valence-corrected chi connectivity index (χ1v) is 13.3. The van der Waals surface area contributed by atoms with Crippen LogP contribution in [0.25, 0.3) is 22.6 Å². The fourth-order valence-corrected chi connectivity index (χ4v) is 6.50. The lowest BCUT2D eigenvalue weighted by molar-refractivity contribution is -0.130. The van der Waals surface area contributed by atoms with Gasteiger partial charge in [-0.15, -0.1) is 0 Å². The molecule has 1 saturated heterocycles. The van der Waals surface area contributed by atoms with Gasteiger partial charge in [-0.2, -0.15) is 0 Å². The fourth-order valence-electron chi connectivity index (χ4n) is 5.42. The zero-order valence-electron chi connectivity index (χ0n) is 20.3. The van der Waals surface area contributed by atoms with Crippen molar-refractivity contribution in [3.63, 3.8) is 0 Å². The summed E-state index contributed by atoms with van der Waals surface area (Å²) >= 11 is 1.60. The third kappa shape index (κ3) is 4.34. The number of oxazole rings is 1. The number of carbonyl (C=O) groups excluding carboxylic acids is 1. The van der Waals surface area contributed by atoms with Gasteiger partial charge in [-0.3, -0.25) is 4.79 Å². The minimum absolute atomic E-state index is 0.153. The molecule has 0 saturated carbocycles. The molecule has 4 aromatic rings. The van der Waals surface area contributed by atoms with Crippen LogP contribution in [0.2, 0.25) is 0 Å². The zero-order valence-corrected chi connectivity index (χ0v) is 21.1. The number of hydrogen-bond donors (Lipinski definition) is 1. The number of nitrogens with zero attached hydrogens (tertiary/aromatic N) is 6. The Morgan fingerprint density at radius 1 is 1.19 bits per heavy atom. The highest BCUT2D eigenvalue weighted by molar-refractivity contribution is 7.99. The smallest absolute Gasteiger partial charge is 0.227 e. The Hall–Kier alpha value is -3.40. The summed E-state index contributed by atoms with van der Waals surface area (Å²) in [7, 11) is 0. The summed E-state index contributed by atoms with van der Waals surface area (Å²) < 4.78 is 7.85. The van der Waals surface area contributed by atoms with Gasteiger partial charge < -0.3 is 19.6 Å². The molecule has 1 aromatic carbocycles. The van der Waals surface area contributed by atoms with Crippen molar-refractivity contribution < 1.29 is 9.21 Å². The zero-order chi connectivity index (χ0) is 24.6. The topological polar surface area (TPSA) is 116 Å². The molecule has 1 aliphatic carbocycles. The first kappa shape index (κ1) is 23.0. The largest absolute Gasteiger partial charge is 0.444 e. The number of piperidine rings is 1. The molecule has 1 aliphatic heterocycles. The summed E-state index contributed by atoms with van der Waals surface area (Å²) in [6.45, 7) is 4.06. The van der Waals surface area contributed by atoms with E-state index in [1.807, 2.05) is 4.90 Å². The molecule has 1 fully saturated rings. The number of likely N-dealkylation sites (tertiary alicyclic amines) is 1. The Morgan fingerprint density at radius 2 is 2.06 bits per heavy atom. The van der Waals surface area contributed by atoms with Crippen molar-refractivity contribution in [3.8, 4) is 11.5 Å². The number of imidazole rings is 1. The summed E-state index contributed by atoms with van der Waals surface area (Å²) in [5.41, 5.74) is 11.3. The summed E-state index contributed by atoms with van der Waals surface area (Å²) in [6.07, 6.45) is 11.2. The minimum Gasteiger partial charge on any atom is -0.444 e. The Kier molecular flexibility index (Phi) is 6.12. The van der Waals surface area contributed by atoms with E-state index in [1.165, 1.54) is 17.5 Å². The number of amides is 1. The molecule has 9 nitrogen and oxygen atoms in total. The molecule has 10 heteroatoms. The number of fused-ring (bicyclic) bond motifs is 2. The Morgan fingerprint density at radius 3 is 2.86 bits per heavy atom. The number of aryl methyl sites for hydroxylation is 3. The number of carbonyl (C=O) groups is 1. The van der Waals surface area contributed by atoms with Crippen molar-refractivity contribution in [1.82, 2.24) is 29.4 Å². The van der Waals surface area contributed by atoms with Crippen molar-refractivity contribution in [2.75, 3.05) is 18.8 Å². The molecule has 1 unspecified atom stereocenters. The van der Waals surface area contributed by atoms with Crippen LogP contribution in [0.15, 0.2) is 45.4 Å². The molecule has 1 atom stereocenters. The molecular weight excluding hydrogens is 474 g/mol. The van der Waals surface area contributed by atoms with Crippen LogP contribution in [0.4, 0.5) is 5.82 Å². The number of hydrogen-bond acceptors (Lipinski definition) is 8. The van der Waals surface area contributed by atoms with Crippen LogP contribution in [-0.2, 0) is 24.2 Å². The third-order valence-electron chi connectivity index (χ3n) is 7.31. The first-order valence-electron chi connectivity index (χ1n) is 12.5. The highest BCUT2D eigenvalue weighted by Crippen LogP contribution is 2.40. The third-order valence-corrected chi connectivity index (χ3v) is 8.36. The van der Waals surface area contributed by atoms with Crippen molar-refractivity contribution >= 4 is 34.7 Å². The summed E-state index contributed by atoms with van der Waals surface area (Å²) in [6, 6.07) is 4.48. The number of nitrogen functional groups attached to an aromatic ring is 1. The molecule has 0 bridgehead atoms. The fraction of sp³-hybridized carbons (Fsp3) is 0.423. The molecule has 2 N–H and O–H groups in total. The number of rotatable bonds is 6. The van der Waals surface area contributed by atoms with Crippen LogP contribution >= 0.6 is 11.8 Å². The van der Waals surface area contributed by atoms with Crippen LogP contribution in [0, 0.1) is 5.92 Å². The number of anilines is 1. The van der Waals surface area contributed by atoms with Gasteiger partial charge in [0.2, 0.25) is 11.8 Å². The second-order valence-electron chi connectivity index (χ2n) is 9.65. The maximum atomic E-state index is 11.9. The van der Waals surface area contributed by atoms with Crippen molar-refractivity contribution in [2.24, 2.45) is 5.92 Å². The van der Waals surface area contributed by atoms with Gasteiger partial charge in [-0.25, -0.2) is 19.9 Å². The average Bonchev–Trinajstić information content (AvgIpc) is 3.63. The van der Waals surface area contributed by atoms with Gasteiger partial charge in [-0.05, 0) is 67.7 Å². The Balaban J connectivity index is 1.35. The summed E-state index contributed by atoms with van der Waals surface area (Å²) in [4.78, 5) is 33.0. The van der Waals surface area contributed by atoms with E-state index in [0.717, 1.165) is 79.4 Å². The van der Waals surface area contributed by atoms with Gasteiger partial charge >= 0.3 is 0 Å². The predicted octanol–water partition coefficient (Wildman–Crippen LogP) is 4.35. The molecule has 2 aliphatic rings. The molecule has 1 amide bonds. The number of nitrogens with two attached hydrogens (primary N) is 1. The van der Waals surface area contributed by atoms with Crippen LogP contribution in [0.5, 0.6) is 0 Å². The molecule has 0 radical (unpaired) electrons. The van der Waals surface area contributed by atoms with E-state index in [4.69, 9.17) is 15.1 Å². The quantitative estimate of drug-likeness (QED) is 0.413. The van der Waals surface area contributed by atoms with E-state index >= 15 is 0 Å². The van der Waals surface area contributed by atoms with Crippen molar-refractivity contribution in [2.45, 2.75) is 62.0 Å². The predicted molar refractivity (Wildman–Crippen MR) is 137 cm³/mol. The van der Waals surface area contributed by atoms with Gasteiger partial charge in [0.05, 0.1) is 11.8 Å². The van der Waals surface area contributed by atoms with Crippen molar-refractivity contribution in [1.29, 1.82) is 0 Å². The molecule has 6 rings (SSSR count). The summed E-state index contributed by atoms with van der Waals surface area (Å²) in [5.74, 6) is 1.59. The average molecular weight is 504 g/mol. The lowest BCUT2D eigenvalue weighted by Gasteiger charge is -2.32. The van der Waals surface area contributed by atoms with E-state index in [0.29, 0.717) is 23.1 Å². The van der Waals surface area contributed by atoms with Gasteiger partial charge in [0.1, 0.15) is 12.6 Å². The molecule has 186 valence electrons. The van der Waals surface area contributed by atoms with Gasteiger partial charge in [-0.1, -0.05) is 11.8 Å².